The Hall–Kier alpha value is -6.05. The fourth-order valence-corrected chi connectivity index (χ4v) is 11.9. The molecule has 5 aromatic rings. The monoisotopic (exact) mass is 784 g/mol. The zero-order valence-corrected chi connectivity index (χ0v) is 35.3. The van der Waals surface area contributed by atoms with Crippen molar-refractivity contribution in [3.63, 3.8) is 0 Å². The van der Waals surface area contributed by atoms with E-state index >= 15 is 0 Å². The van der Waals surface area contributed by atoms with Crippen molar-refractivity contribution in [2.45, 2.75) is 70.1 Å². The van der Waals surface area contributed by atoms with Gasteiger partial charge in [-0.2, -0.15) is 0 Å². The van der Waals surface area contributed by atoms with Crippen LogP contribution in [-0.4, -0.2) is 13.4 Å². The molecule has 12 rings (SSSR count). The summed E-state index contributed by atoms with van der Waals surface area (Å²) in [4.78, 5) is 0. The third kappa shape index (κ3) is 5.99. The van der Waals surface area contributed by atoms with Gasteiger partial charge in [-0.1, -0.05) is 205 Å². The number of benzene rings is 4. The molecule has 0 bridgehead atoms. The minimum absolute atomic E-state index is 0.000892. The fraction of sp³-hybridized carbons (Fsp3) is 0.207. The summed E-state index contributed by atoms with van der Waals surface area (Å²) in [6.07, 6.45) is 43.2. The van der Waals surface area contributed by atoms with Gasteiger partial charge in [-0.3, -0.25) is 0 Å². The number of fused-ring (bicyclic) bond motifs is 10. The molecule has 0 saturated heterocycles. The Bertz CT molecular complexity index is 2980. The topological polar surface area (TPSA) is 13.1 Å². The highest BCUT2D eigenvalue weighted by Crippen LogP contribution is 2.54. The molecule has 1 aromatic heterocycles. The van der Waals surface area contributed by atoms with Gasteiger partial charge in [-0.25, -0.2) is 0 Å². The molecule has 61 heavy (non-hydrogen) atoms. The molecule has 3 heteroatoms. The first-order valence-corrected chi connectivity index (χ1v) is 22.8. The van der Waals surface area contributed by atoms with Gasteiger partial charge in [0.25, 0.3) is 0 Å². The third-order valence-electron chi connectivity index (χ3n) is 15.0. The molecule has 294 valence electrons. The molecular weight excluding hydrogens is 734 g/mol. The maximum Gasteiger partial charge on any atom is 0.241 e. The second-order valence-electron chi connectivity index (χ2n) is 18.8. The van der Waals surface area contributed by atoms with Crippen molar-refractivity contribution in [1.29, 1.82) is 0 Å². The minimum atomic E-state index is -0.000892. The van der Waals surface area contributed by atoms with Crippen LogP contribution in [0.3, 0.4) is 0 Å². The zero-order chi connectivity index (χ0) is 40.7. The molecule has 4 aromatic carbocycles. The van der Waals surface area contributed by atoms with E-state index in [1.807, 2.05) is 0 Å². The Morgan fingerprint density at radius 1 is 0.689 bits per heavy atom. The van der Waals surface area contributed by atoms with Gasteiger partial charge >= 0.3 is 0 Å². The molecule has 0 amide bonds. The van der Waals surface area contributed by atoms with Crippen molar-refractivity contribution in [3.05, 3.63) is 214 Å². The van der Waals surface area contributed by atoms with E-state index in [0.29, 0.717) is 11.8 Å². The summed E-state index contributed by atoms with van der Waals surface area (Å²) in [6.45, 7) is 5.25. The van der Waals surface area contributed by atoms with Crippen LogP contribution in [0.25, 0.3) is 33.7 Å². The van der Waals surface area contributed by atoms with E-state index in [1.165, 1.54) is 88.3 Å². The van der Waals surface area contributed by atoms with E-state index in [-0.39, 0.29) is 18.8 Å². The maximum atomic E-state index is 6.46. The van der Waals surface area contributed by atoms with Crippen molar-refractivity contribution >= 4 is 57.9 Å². The van der Waals surface area contributed by atoms with Gasteiger partial charge in [-0.15, -0.1) is 0 Å². The van der Waals surface area contributed by atoms with Crippen LogP contribution in [0.4, 0.5) is 0 Å². The first-order valence-electron chi connectivity index (χ1n) is 22.8. The van der Waals surface area contributed by atoms with Gasteiger partial charge < -0.3 is 4.42 Å². The SMILES string of the molecule is CC1(C)c2cc(B(C3=CC=C(B4c5ccccc5-c5c4ccc4oc6c(c54)CCC=C6)CC=C3)c3ccc(C4=CCCC=C4)cc3)ccc2C2C=CC(C3=CCCC=C3)=CC21. The molecule has 6 aliphatic carbocycles. The lowest BCUT2D eigenvalue weighted by Crippen LogP contribution is -2.44. The highest BCUT2D eigenvalue weighted by Gasteiger charge is 2.46. The van der Waals surface area contributed by atoms with E-state index in [9.17, 15) is 0 Å². The van der Waals surface area contributed by atoms with Gasteiger partial charge in [0.2, 0.25) is 13.4 Å². The van der Waals surface area contributed by atoms with Gasteiger partial charge in [-0.05, 0) is 113 Å². The summed E-state index contributed by atoms with van der Waals surface area (Å²) < 4.78 is 6.46. The molecule has 0 radical (unpaired) electrons. The predicted molar refractivity (Wildman–Crippen MR) is 261 cm³/mol. The fourth-order valence-electron chi connectivity index (χ4n) is 11.9. The van der Waals surface area contributed by atoms with Gasteiger partial charge in [0.15, 0.2) is 0 Å². The standard InChI is InChI=1S/C58H50B2O/c1-58(2)50-36-41(39-16-7-4-8-17-39)26-32-46(50)47-33-31-45(37-51(47)58)59(44-27-24-40(25-28-44)38-14-5-3-6-15-38)42-18-13-19-43(30-29-42)60-52-22-11-9-20-48(52)56-53(60)34-35-55-57(56)49-21-10-12-23-54(49)61-55/h5,7,9,11-18,20,22-37,46,50H,3-4,6,8,10,19,21H2,1-2H3. The quantitative estimate of drug-likeness (QED) is 0.156. The molecule has 0 N–H and O–H groups in total. The number of allylic oxidation sites excluding steroid dienone is 19. The molecule has 2 unspecified atom stereocenters. The number of hydrogen-bond acceptors (Lipinski definition) is 1. The molecule has 1 aliphatic heterocycles. The summed E-state index contributed by atoms with van der Waals surface area (Å²) >= 11 is 0. The Morgan fingerprint density at radius 3 is 2.33 bits per heavy atom. The normalized spacial score (nSPS) is 21.4. The van der Waals surface area contributed by atoms with E-state index in [4.69, 9.17) is 4.42 Å². The van der Waals surface area contributed by atoms with Gasteiger partial charge in [0.1, 0.15) is 11.3 Å². The van der Waals surface area contributed by atoms with Crippen molar-refractivity contribution in [2.75, 3.05) is 0 Å². The van der Waals surface area contributed by atoms with Crippen LogP contribution in [0.15, 0.2) is 190 Å². The first kappa shape index (κ1) is 36.8. The molecule has 0 saturated carbocycles. The second kappa shape index (κ2) is 14.6. The highest BCUT2D eigenvalue weighted by atomic mass is 16.3. The van der Waals surface area contributed by atoms with Crippen LogP contribution in [-0.2, 0) is 11.8 Å². The second-order valence-corrected chi connectivity index (χ2v) is 18.8. The molecule has 0 spiro atoms. The lowest BCUT2D eigenvalue weighted by Gasteiger charge is -2.31. The molecule has 1 nitrogen and oxygen atoms in total. The highest BCUT2D eigenvalue weighted by molar-refractivity contribution is 6.95. The summed E-state index contributed by atoms with van der Waals surface area (Å²) in [5.41, 5.74) is 21.8. The van der Waals surface area contributed by atoms with Gasteiger partial charge in [0, 0.05) is 16.9 Å². The Morgan fingerprint density at radius 2 is 1.49 bits per heavy atom. The average molecular weight is 785 g/mol. The van der Waals surface area contributed by atoms with Crippen LogP contribution in [0.5, 0.6) is 0 Å². The number of aryl methyl sites for hydroxylation is 1. The van der Waals surface area contributed by atoms with E-state index in [2.05, 4.69) is 184 Å². The average Bonchev–Trinajstić information content (AvgIpc) is 3.84. The van der Waals surface area contributed by atoms with E-state index in [0.717, 1.165) is 56.3 Å². The van der Waals surface area contributed by atoms with Crippen LogP contribution in [0, 0.1) is 5.92 Å². The van der Waals surface area contributed by atoms with Crippen molar-refractivity contribution in [2.24, 2.45) is 5.92 Å². The summed E-state index contributed by atoms with van der Waals surface area (Å²) in [5.74, 6) is 1.86. The van der Waals surface area contributed by atoms with Crippen LogP contribution < -0.4 is 21.9 Å². The molecular formula is C58H50B2O. The predicted octanol–water partition coefficient (Wildman–Crippen LogP) is 11.7. The van der Waals surface area contributed by atoms with Crippen LogP contribution in [0.2, 0.25) is 0 Å². The van der Waals surface area contributed by atoms with Crippen LogP contribution in [0.1, 0.15) is 86.3 Å². The zero-order valence-electron chi connectivity index (χ0n) is 35.3. The molecule has 0 fully saturated rings. The third-order valence-corrected chi connectivity index (χ3v) is 15.0. The summed E-state index contributed by atoms with van der Waals surface area (Å²) in [5, 5.41) is 1.32. The van der Waals surface area contributed by atoms with E-state index < -0.39 is 0 Å². The smallest absolute Gasteiger partial charge is 0.241 e. The molecule has 2 atom stereocenters. The lowest BCUT2D eigenvalue weighted by atomic mass is 9.36. The van der Waals surface area contributed by atoms with Crippen molar-refractivity contribution in [1.82, 2.24) is 0 Å². The summed E-state index contributed by atoms with van der Waals surface area (Å²) in [6, 6.07) is 30.7. The number of hydrogen-bond donors (Lipinski definition) is 0. The Kier molecular flexibility index (Phi) is 8.77. The van der Waals surface area contributed by atoms with Gasteiger partial charge in [0.05, 0.1) is 0 Å². The van der Waals surface area contributed by atoms with Crippen molar-refractivity contribution < 1.29 is 4.42 Å². The van der Waals surface area contributed by atoms with Crippen LogP contribution >= 0.6 is 0 Å². The van der Waals surface area contributed by atoms with E-state index in [1.54, 1.807) is 0 Å². The lowest BCUT2D eigenvalue weighted by molar-refractivity contribution is 0.393. The van der Waals surface area contributed by atoms with Crippen molar-refractivity contribution in [3.8, 4) is 11.1 Å². The minimum Gasteiger partial charge on any atom is -0.456 e. The molecule has 7 aliphatic rings. The Balaban J connectivity index is 0.959. The largest absolute Gasteiger partial charge is 0.456 e. The Labute approximate surface area is 361 Å². The first-order chi connectivity index (χ1) is 30.0. The number of rotatable bonds is 6. The maximum absolute atomic E-state index is 6.46. The summed E-state index contributed by atoms with van der Waals surface area (Å²) in [7, 11) is 0. The molecule has 2 heterocycles. The number of furan rings is 1.